The zero-order valence-corrected chi connectivity index (χ0v) is 13.9. The van der Waals surface area contributed by atoms with Gasteiger partial charge >= 0.3 is 5.97 Å². The normalized spacial score (nSPS) is 22.2. The summed E-state index contributed by atoms with van der Waals surface area (Å²) in [4.78, 5) is 12.1. The molecule has 0 aromatic heterocycles. The van der Waals surface area contributed by atoms with E-state index in [0.717, 1.165) is 6.42 Å². The van der Waals surface area contributed by atoms with Crippen LogP contribution in [-0.4, -0.2) is 35.3 Å². The zero-order chi connectivity index (χ0) is 16.3. The topological polar surface area (TPSA) is 70.6 Å². The predicted octanol–water partition coefficient (Wildman–Crippen LogP) is 2.92. The largest absolute Gasteiger partial charge is 0.506 e. The van der Waals surface area contributed by atoms with Crippen molar-refractivity contribution in [3.63, 3.8) is 0 Å². The molecular weight excluding hydrogens is 304 g/mol. The van der Waals surface area contributed by atoms with Gasteiger partial charge in [0.25, 0.3) is 0 Å². The SMILES string of the molecule is CC(C)(C)OC(=O)C1CC(Nc2cc(Cl)ccc2O)CCN1. The van der Waals surface area contributed by atoms with Crippen molar-refractivity contribution in [3.05, 3.63) is 23.2 Å². The van der Waals surface area contributed by atoms with E-state index in [0.29, 0.717) is 23.7 Å². The molecule has 6 heteroatoms. The maximum atomic E-state index is 12.1. The maximum absolute atomic E-state index is 12.1. The van der Waals surface area contributed by atoms with Gasteiger partial charge in [-0.2, -0.15) is 0 Å². The molecule has 5 nitrogen and oxygen atoms in total. The molecule has 1 aromatic carbocycles. The Morgan fingerprint density at radius 3 is 2.86 bits per heavy atom. The van der Waals surface area contributed by atoms with Gasteiger partial charge in [-0.1, -0.05) is 11.6 Å². The fourth-order valence-corrected chi connectivity index (χ4v) is 2.62. The number of carbonyl (C=O) groups excluding carboxylic acids is 1. The van der Waals surface area contributed by atoms with Crippen LogP contribution < -0.4 is 10.6 Å². The molecule has 1 aliphatic heterocycles. The molecule has 1 heterocycles. The predicted molar refractivity (Wildman–Crippen MR) is 87.4 cm³/mol. The van der Waals surface area contributed by atoms with Crippen LogP contribution in [0.4, 0.5) is 5.69 Å². The average Bonchev–Trinajstić information content (AvgIpc) is 2.41. The fraction of sp³-hybridized carbons (Fsp3) is 0.562. The van der Waals surface area contributed by atoms with Crippen molar-refractivity contribution >= 4 is 23.3 Å². The third kappa shape index (κ3) is 4.78. The Morgan fingerprint density at radius 1 is 1.45 bits per heavy atom. The molecule has 3 N–H and O–H groups in total. The van der Waals surface area contributed by atoms with E-state index < -0.39 is 5.60 Å². The van der Waals surface area contributed by atoms with Crippen LogP contribution in [-0.2, 0) is 9.53 Å². The Bertz CT molecular complexity index is 543. The lowest BCUT2D eigenvalue weighted by Gasteiger charge is -2.32. The van der Waals surface area contributed by atoms with Gasteiger partial charge in [0.1, 0.15) is 17.4 Å². The number of hydrogen-bond donors (Lipinski definition) is 3. The van der Waals surface area contributed by atoms with Gasteiger partial charge in [-0.3, -0.25) is 4.79 Å². The summed E-state index contributed by atoms with van der Waals surface area (Å²) in [6.07, 6.45) is 1.45. The number of ether oxygens (including phenoxy) is 1. The van der Waals surface area contributed by atoms with Crippen molar-refractivity contribution in [2.45, 2.75) is 51.3 Å². The van der Waals surface area contributed by atoms with Crippen molar-refractivity contribution in [3.8, 4) is 5.75 Å². The highest BCUT2D eigenvalue weighted by Crippen LogP contribution is 2.28. The Morgan fingerprint density at radius 2 is 2.18 bits per heavy atom. The van der Waals surface area contributed by atoms with Gasteiger partial charge in [0.05, 0.1) is 5.69 Å². The highest BCUT2D eigenvalue weighted by Gasteiger charge is 2.30. The highest BCUT2D eigenvalue weighted by molar-refractivity contribution is 6.30. The summed E-state index contributed by atoms with van der Waals surface area (Å²) in [5.74, 6) is -0.0916. The lowest BCUT2D eigenvalue weighted by Crippen LogP contribution is -2.49. The van der Waals surface area contributed by atoms with Crippen molar-refractivity contribution in [1.82, 2.24) is 5.32 Å². The molecule has 0 radical (unpaired) electrons. The van der Waals surface area contributed by atoms with Gasteiger partial charge in [-0.05, 0) is 58.4 Å². The molecule has 0 spiro atoms. The summed E-state index contributed by atoms with van der Waals surface area (Å²) >= 11 is 5.95. The van der Waals surface area contributed by atoms with E-state index in [9.17, 15) is 9.90 Å². The Kier molecular flexibility index (Phi) is 5.19. The number of piperidine rings is 1. The minimum atomic E-state index is -0.496. The number of carbonyl (C=O) groups is 1. The van der Waals surface area contributed by atoms with E-state index in [1.54, 1.807) is 18.2 Å². The van der Waals surface area contributed by atoms with Crippen LogP contribution in [0.25, 0.3) is 0 Å². The summed E-state index contributed by atoms with van der Waals surface area (Å²) in [6, 6.07) is 4.60. The van der Waals surface area contributed by atoms with E-state index in [1.807, 2.05) is 20.8 Å². The number of anilines is 1. The van der Waals surface area contributed by atoms with Crippen LogP contribution in [0.2, 0.25) is 5.02 Å². The quantitative estimate of drug-likeness (QED) is 0.588. The molecule has 2 atom stereocenters. The summed E-state index contributed by atoms with van der Waals surface area (Å²) in [5.41, 5.74) is 0.0898. The molecule has 122 valence electrons. The zero-order valence-electron chi connectivity index (χ0n) is 13.1. The third-order valence-electron chi connectivity index (χ3n) is 3.41. The summed E-state index contributed by atoms with van der Waals surface area (Å²) in [5, 5.41) is 16.9. The first-order valence-corrected chi connectivity index (χ1v) is 7.84. The van der Waals surface area contributed by atoms with Gasteiger partial charge < -0.3 is 20.5 Å². The monoisotopic (exact) mass is 326 g/mol. The average molecular weight is 327 g/mol. The molecule has 2 unspecified atom stereocenters. The summed E-state index contributed by atoms with van der Waals surface area (Å²) in [6.45, 7) is 6.28. The standard InChI is InChI=1S/C16H23ClN2O3/c1-16(2,3)22-15(21)13-9-11(6-7-18-13)19-12-8-10(17)4-5-14(12)20/h4-5,8,11,13,18-20H,6-7,9H2,1-3H3. The Balaban J connectivity index is 1.98. The lowest BCUT2D eigenvalue weighted by molar-refractivity contribution is -0.158. The molecule has 0 saturated carbocycles. The molecule has 0 aliphatic carbocycles. The van der Waals surface area contributed by atoms with Gasteiger partial charge in [-0.25, -0.2) is 0 Å². The van der Waals surface area contributed by atoms with Crippen molar-refractivity contribution in [1.29, 1.82) is 0 Å². The van der Waals surface area contributed by atoms with Gasteiger partial charge in [-0.15, -0.1) is 0 Å². The second kappa shape index (κ2) is 6.75. The molecule has 1 fully saturated rings. The van der Waals surface area contributed by atoms with Crippen molar-refractivity contribution in [2.75, 3.05) is 11.9 Å². The first-order chi connectivity index (χ1) is 10.2. The Hall–Kier alpha value is -1.46. The number of rotatable bonds is 3. The maximum Gasteiger partial charge on any atom is 0.323 e. The number of nitrogens with one attached hydrogen (secondary N) is 2. The molecule has 1 aliphatic rings. The van der Waals surface area contributed by atoms with E-state index >= 15 is 0 Å². The molecular formula is C16H23ClN2O3. The summed E-state index contributed by atoms with van der Waals surface area (Å²) < 4.78 is 5.42. The summed E-state index contributed by atoms with van der Waals surface area (Å²) in [7, 11) is 0. The first kappa shape index (κ1) is 16.9. The molecule has 2 rings (SSSR count). The van der Waals surface area contributed by atoms with Crippen LogP contribution >= 0.6 is 11.6 Å². The smallest absolute Gasteiger partial charge is 0.323 e. The number of halogens is 1. The van der Waals surface area contributed by atoms with Crippen LogP contribution in [0, 0.1) is 0 Å². The van der Waals surface area contributed by atoms with Crippen LogP contribution in [0.1, 0.15) is 33.6 Å². The number of aromatic hydroxyl groups is 1. The number of benzene rings is 1. The molecule has 1 aromatic rings. The second-order valence-electron chi connectivity index (χ2n) is 6.57. The minimum absolute atomic E-state index is 0.0723. The second-order valence-corrected chi connectivity index (χ2v) is 7.00. The highest BCUT2D eigenvalue weighted by atomic mass is 35.5. The number of esters is 1. The van der Waals surface area contributed by atoms with Crippen molar-refractivity contribution < 1.29 is 14.6 Å². The van der Waals surface area contributed by atoms with E-state index in [2.05, 4.69) is 10.6 Å². The van der Waals surface area contributed by atoms with Crippen LogP contribution in [0.5, 0.6) is 5.75 Å². The molecule has 22 heavy (non-hydrogen) atoms. The van der Waals surface area contributed by atoms with E-state index in [4.69, 9.17) is 16.3 Å². The number of phenolic OH excluding ortho intramolecular Hbond substituents is 1. The van der Waals surface area contributed by atoms with Gasteiger partial charge in [0.2, 0.25) is 0 Å². The number of hydrogen-bond acceptors (Lipinski definition) is 5. The molecule has 1 saturated heterocycles. The van der Waals surface area contributed by atoms with E-state index in [-0.39, 0.29) is 23.8 Å². The third-order valence-corrected chi connectivity index (χ3v) is 3.65. The van der Waals surface area contributed by atoms with Crippen LogP contribution in [0.15, 0.2) is 18.2 Å². The van der Waals surface area contributed by atoms with Crippen molar-refractivity contribution in [2.24, 2.45) is 0 Å². The minimum Gasteiger partial charge on any atom is -0.506 e. The number of phenols is 1. The molecule has 0 amide bonds. The first-order valence-electron chi connectivity index (χ1n) is 7.46. The van der Waals surface area contributed by atoms with Crippen LogP contribution in [0.3, 0.4) is 0 Å². The molecule has 0 bridgehead atoms. The van der Waals surface area contributed by atoms with Gasteiger partial charge in [0.15, 0.2) is 0 Å². The van der Waals surface area contributed by atoms with E-state index in [1.165, 1.54) is 0 Å². The van der Waals surface area contributed by atoms with Gasteiger partial charge in [0, 0.05) is 11.1 Å². The lowest BCUT2D eigenvalue weighted by atomic mass is 9.98. The Labute approximate surface area is 136 Å². The fourth-order valence-electron chi connectivity index (χ4n) is 2.44.